The zero-order valence-electron chi connectivity index (χ0n) is 9.79. The molecule has 0 rings (SSSR count). The second-order valence-corrected chi connectivity index (χ2v) is 4.86. The van der Waals surface area contributed by atoms with Crippen molar-refractivity contribution in [3.8, 4) is 0 Å². The Morgan fingerprint density at radius 1 is 1.53 bits per heavy atom. The highest BCUT2D eigenvalue weighted by Gasteiger charge is 2.17. The van der Waals surface area contributed by atoms with Crippen molar-refractivity contribution in [2.45, 2.75) is 39.7 Å². The minimum atomic E-state index is -0.477. The highest BCUT2D eigenvalue weighted by Crippen LogP contribution is 2.07. The predicted molar refractivity (Wildman–Crippen MR) is 64.8 cm³/mol. The average Bonchev–Trinajstić information content (AvgIpc) is 2.01. The molecule has 0 fully saturated rings. The lowest BCUT2D eigenvalue weighted by molar-refractivity contribution is 0.0523. The lowest BCUT2D eigenvalue weighted by atomic mass is 10.1. The topological polar surface area (TPSA) is 64.3 Å². The van der Waals surface area contributed by atoms with Crippen LogP contribution < -0.4 is 11.1 Å². The quantitative estimate of drug-likeness (QED) is 0.726. The van der Waals surface area contributed by atoms with Crippen LogP contribution in [-0.4, -0.2) is 23.2 Å². The zero-order chi connectivity index (χ0) is 12.1. The van der Waals surface area contributed by atoms with Crippen LogP contribution in [0.25, 0.3) is 0 Å². The maximum atomic E-state index is 11.3. The van der Waals surface area contributed by atoms with Gasteiger partial charge in [-0.1, -0.05) is 19.1 Å². The number of nitrogens with two attached hydrogens (primary N) is 1. The Balaban J connectivity index is 3.94. The van der Waals surface area contributed by atoms with Gasteiger partial charge in [-0.15, -0.1) is 0 Å². The van der Waals surface area contributed by atoms with Crippen LogP contribution in [0, 0.1) is 5.92 Å². The smallest absolute Gasteiger partial charge is 0.407 e. The van der Waals surface area contributed by atoms with Gasteiger partial charge in [0.05, 0.1) is 4.99 Å². The van der Waals surface area contributed by atoms with Crippen LogP contribution in [0.1, 0.15) is 34.1 Å². The molecule has 4 nitrogen and oxygen atoms in total. The third kappa shape index (κ3) is 7.13. The molecule has 1 unspecified atom stereocenters. The summed E-state index contributed by atoms with van der Waals surface area (Å²) in [5.74, 6) is 0.0347. The van der Waals surface area contributed by atoms with Crippen molar-refractivity contribution in [2.24, 2.45) is 11.7 Å². The highest BCUT2D eigenvalue weighted by molar-refractivity contribution is 7.80. The monoisotopic (exact) mass is 232 g/mol. The molecule has 0 bridgehead atoms. The van der Waals surface area contributed by atoms with Gasteiger partial charge in [0, 0.05) is 12.5 Å². The molecule has 1 amide bonds. The molecule has 0 aliphatic carbocycles. The summed E-state index contributed by atoms with van der Waals surface area (Å²) in [6, 6.07) is 0. The number of alkyl carbamates (subject to hydrolysis) is 1. The molecule has 0 saturated heterocycles. The number of amides is 1. The van der Waals surface area contributed by atoms with Crippen LogP contribution in [0.4, 0.5) is 4.79 Å². The first-order chi connectivity index (χ1) is 6.76. The van der Waals surface area contributed by atoms with Gasteiger partial charge in [0.15, 0.2) is 0 Å². The maximum absolute atomic E-state index is 11.3. The number of thiocarbonyl (C=S) groups is 1. The normalized spacial score (nSPS) is 13.1. The Morgan fingerprint density at radius 2 is 2.07 bits per heavy atom. The van der Waals surface area contributed by atoms with Gasteiger partial charge in [-0.25, -0.2) is 4.79 Å². The minimum absolute atomic E-state index is 0.0347. The summed E-state index contributed by atoms with van der Waals surface area (Å²) in [7, 11) is 0. The SMILES string of the molecule is CCC(CNC(=O)OC(C)(C)C)C(N)=S. The van der Waals surface area contributed by atoms with E-state index in [1.807, 2.05) is 27.7 Å². The van der Waals surface area contributed by atoms with Gasteiger partial charge >= 0.3 is 6.09 Å². The van der Waals surface area contributed by atoms with E-state index in [9.17, 15) is 4.79 Å². The third-order valence-corrected chi connectivity index (χ3v) is 2.12. The lowest BCUT2D eigenvalue weighted by Crippen LogP contribution is -2.38. The number of ether oxygens (including phenoxy) is 1. The molecule has 0 aromatic heterocycles. The second kappa shape index (κ2) is 5.90. The first-order valence-corrected chi connectivity index (χ1v) is 5.43. The third-order valence-electron chi connectivity index (χ3n) is 1.79. The number of rotatable bonds is 4. The Morgan fingerprint density at radius 3 is 2.40 bits per heavy atom. The molecule has 5 heteroatoms. The molecule has 0 aromatic rings. The summed E-state index contributed by atoms with van der Waals surface area (Å²) >= 11 is 4.86. The van der Waals surface area contributed by atoms with Crippen molar-refractivity contribution in [3.05, 3.63) is 0 Å². The number of hydrogen-bond acceptors (Lipinski definition) is 3. The van der Waals surface area contributed by atoms with E-state index in [-0.39, 0.29) is 5.92 Å². The van der Waals surface area contributed by atoms with E-state index < -0.39 is 11.7 Å². The van der Waals surface area contributed by atoms with Crippen molar-refractivity contribution in [1.82, 2.24) is 5.32 Å². The van der Waals surface area contributed by atoms with E-state index >= 15 is 0 Å². The van der Waals surface area contributed by atoms with Gasteiger partial charge in [0.25, 0.3) is 0 Å². The predicted octanol–water partition coefficient (Wildman–Crippen LogP) is 1.82. The summed E-state index contributed by atoms with van der Waals surface area (Å²) in [5, 5.41) is 2.64. The highest BCUT2D eigenvalue weighted by atomic mass is 32.1. The molecule has 1 atom stereocenters. The largest absolute Gasteiger partial charge is 0.444 e. The molecular formula is C10H20N2O2S. The average molecular weight is 232 g/mol. The van der Waals surface area contributed by atoms with E-state index in [1.54, 1.807) is 0 Å². The summed E-state index contributed by atoms with van der Waals surface area (Å²) in [6.45, 7) is 7.85. The zero-order valence-corrected chi connectivity index (χ0v) is 10.6. The molecule has 0 spiro atoms. The second-order valence-electron chi connectivity index (χ2n) is 4.39. The Labute approximate surface area is 96.5 Å². The van der Waals surface area contributed by atoms with Crippen LogP contribution in [0.3, 0.4) is 0 Å². The Bertz CT molecular complexity index is 236. The fourth-order valence-electron chi connectivity index (χ4n) is 0.967. The molecular weight excluding hydrogens is 212 g/mol. The van der Waals surface area contributed by atoms with Crippen molar-refractivity contribution in [3.63, 3.8) is 0 Å². The molecule has 0 heterocycles. The molecule has 3 N–H and O–H groups in total. The van der Waals surface area contributed by atoms with Crippen LogP contribution >= 0.6 is 12.2 Å². The van der Waals surface area contributed by atoms with Crippen LogP contribution in [0.5, 0.6) is 0 Å². The summed E-state index contributed by atoms with van der Waals surface area (Å²) in [6.07, 6.45) is 0.377. The molecule has 0 radical (unpaired) electrons. The number of carbonyl (C=O) groups is 1. The summed E-state index contributed by atoms with van der Waals surface area (Å²) in [4.78, 5) is 11.7. The maximum Gasteiger partial charge on any atom is 0.407 e. The van der Waals surface area contributed by atoms with E-state index in [0.29, 0.717) is 11.5 Å². The summed E-state index contributed by atoms with van der Waals surface area (Å²) in [5.41, 5.74) is 5.02. The first-order valence-electron chi connectivity index (χ1n) is 5.02. The van der Waals surface area contributed by atoms with Gasteiger partial charge in [0.2, 0.25) is 0 Å². The van der Waals surface area contributed by atoms with Crippen LogP contribution in [0.2, 0.25) is 0 Å². The van der Waals surface area contributed by atoms with E-state index in [0.717, 1.165) is 6.42 Å². The number of hydrogen-bond donors (Lipinski definition) is 2. The first kappa shape index (κ1) is 14.2. The molecule has 0 aromatic carbocycles. The molecule has 0 saturated carbocycles. The van der Waals surface area contributed by atoms with Crippen molar-refractivity contribution in [1.29, 1.82) is 0 Å². The lowest BCUT2D eigenvalue weighted by Gasteiger charge is -2.21. The van der Waals surface area contributed by atoms with Gasteiger partial charge in [-0.3, -0.25) is 0 Å². The van der Waals surface area contributed by atoms with Gasteiger partial charge < -0.3 is 15.8 Å². The standard InChI is InChI=1S/C10H20N2O2S/c1-5-7(8(11)15)6-12-9(13)14-10(2,3)4/h7H,5-6H2,1-4H3,(H2,11,15)(H,12,13). The minimum Gasteiger partial charge on any atom is -0.444 e. The Hall–Kier alpha value is -0.840. The van der Waals surface area contributed by atoms with Crippen molar-refractivity contribution in [2.75, 3.05) is 6.54 Å². The van der Waals surface area contributed by atoms with E-state index in [4.69, 9.17) is 22.7 Å². The number of nitrogens with one attached hydrogen (secondary N) is 1. The van der Waals surface area contributed by atoms with Crippen molar-refractivity contribution < 1.29 is 9.53 Å². The Kier molecular flexibility index (Phi) is 5.57. The molecule has 15 heavy (non-hydrogen) atoms. The summed E-state index contributed by atoms with van der Waals surface area (Å²) < 4.78 is 5.08. The van der Waals surface area contributed by atoms with E-state index in [1.165, 1.54) is 0 Å². The number of carbonyl (C=O) groups excluding carboxylic acids is 1. The van der Waals surface area contributed by atoms with Gasteiger partial charge in [0.1, 0.15) is 5.60 Å². The van der Waals surface area contributed by atoms with E-state index in [2.05, 4.69) is 5.32 Å². The van der Waals surface area contributed by atoms with Crippen LogP contribution in [-0.2, 0) is 4.74 Å². The van der Waals surface area contributed by atoms with Crippen LogP contribution in [0.15, 0.2) is 0 Å². The van der Waals surface area contributed by atoms with Gasteiger partial charge in [-0.2, -0.15) is 0 Å². The van der Waals surface area contributed by atoms with Gasteiger partial charge in [-0.05, 0) is 27.2 Å². The molecule has 0 aliphatic heterocycles. The van der Waals surface area contributed by atoms with Crippen molar-refractivity contribution >= 4 is 23.3 Å². The fourth-order valence-corrected chi connectivity index (χ4v) is 1.22. The molecule has 0 aliphatic rings. The molecule has 88 valence electrons. The fraction of sp³-hybridized carbons (Fsp3) is 0.800.